The molecule has 5 heteroatoms. The van der Waals surface area contributed by atoms with Crippen LogP contribution < -0.4 is 0 Å². The molecule has 2 aromatic carbocycles. The van der Waals surface area contributed by atoms with Crippen LogP contribution in [-0.2, 0) is 4.79 Å². The van der Waals surface area contributed by atoms with Crippen LogP contribution in [0.15, 0.2) is 54.6 Å². The van der Waals surface area contributed by atoms with Crippen LogP contribution in [0.1, 0.15) is 46.2 Å². The zero-order valence-corrected chi connectivity index (χ0v) is 12.9. The summed E-state index contributed by atoms with van der Waals surface area (Å²) in [6.07, 6.45) is 0. The lowest BCUT2D eigenvalue weighted by molar-refractivity contribution is -0.134. The number of hydrogen-bond donors (Lipinski definition) is 1. The minimum absolute atomic E-state index is 0.211. The molecule has 0 saturated carbocycles. The summed E-state index contributed by atoms with van der Waals surface area (Å²) in [5, 5.41) is 7.42. The second kappa shape index (κ2) is 6.87. The van der Waals surface area contributed by atoms with Gasteiger partial charge < -0.3 is 5.11 Å². The van der Waals surface area contributed by atoms with Gasteiger partial charge in [-0.3, -0.25) is 19.3 Å². The minimum atomic E-state index is -0.833. The molecule has 1 heterocycles. The van der Waals surface area contributed by atoms with Crippen molar-refractivity contribution in [2.24, 2.45) is 0 Å². The Morgan fingerprint density at radius 1 is 0.913 bits per heavy atom. The Hall–Kier alpha value is -2.95. The molecule has 0 radical (unpaired) electrons. The number of hydrogen-bond acceptors (Lipinski definition) is 3. The Kier molecular flexibility index (Phi) is 4.91. The summed E-state index contributed by atoms with van der Waals surface area (Å²) >= 11 is 0. The number of imide groups is 1. The predicted octanol–water partition coefficient (Wildman–Crippen LogP) is 3.13. The lowest BCUT2D eigenvalue weighted by atomic mass is 10.1. The highest BCUT2D eigenvalue weighted by atomic mass is 16.4. The number of nitrogens with zero attached hydrogens (tertiary/aromatic N) is 1. The molecule has 5 nitrogen and oxygen atoms in total. The summed E-state index contributed by atoms with van der Waals surface area (Å²) in [4.78, 5) is 35.0. The van der Waals surface area contributed by atoms with Gasteiger partial charge in [0.15, 0.2) is 0 Å². The van der Waals surface area contributed by atoms with Crippen molar-refractivity contribution < 1.29 is 19.5 Å². The molecule has 0 aliphatic carbocycles. The van der Waals surface area contributed by atoms with Crippen LogP contribution in [-0.4, -0.2) is 27.8 Å². The largest absolute Gasteiger partial charge is 0.481 e. The van der Waals surface area contributed by atoms with Crippen molar-refractivity contribution in [3.05, 3.63) is 71.3 Å². The number of carbonyl (C=O) groups is 3. The number of amides is 2. The van der Waals surface area contributed by atoms with Crippen molar-refractivity contribution in [3.8, 4) is 0 Å². The number of carbonyl (C=O) groups excluding carboxylic acids is 2. The van der Waals surface area contributed by atoms with E-state index in [1.807, 2.05) is 37.3 Å². The van der Waals surface area contributed by atoms with Crippen LogP contribution >= 0.6 is 0 Å². The molecule has 0 spiro atoms. The highest BCUT2D eigenvalue weighted by Crippen LogP contribution is 2.30. The topological polar surface area (TPSA) is 74.7 Å². The summed E-state index contributed by atoms with van der Waals surface area (Å²) in [6, 6.07) is 16.3. The van der Waals surface area contributed by atoms with Crippen LogP contribution in [0.5, 0.6) is 0 Å². The van der Waals surface area contributed by atoms with Gasteiger partial charge in [-0.25, -0.2) is 0 Å². The maximum absolute atomic E-state index is 12.3. The first-order chi connectivity index (χ1) is 10.9. The second-order valence-corrected chi connectivity index (χ2v) is 5.13. The molecule has 1 aliphatic heterocycles. The van der Waals surface area contributed by atoms with E-state index in [4.69, 9.17) is 9.90 Å². The molecule has 0 aromatic heterocycles. The van der Waals surface area contributed by atoms with E-state index in [1.54, 1.807) is 24.3 Å². The third kappa shape index (κ3) is 3.45. The molecule has 2 aromatic rings. The lowest BCUT2D eigenvalue weighted by Crippen LogP contribution is -2.32. The lowest BCUT2D eigenvalue weighted by Gasteiger charge is -2.22. The van der Waals surface area contributed by atoms with Gasteiger partial charge in [0, 0.05) is 6.92 Å². The molecular formula is C18H17NO4. The zero-order chi connectivity index (χ0) is 17.0. The summed E-state index contributed by atoms with van der Waals surface area (Å²) in [6.45, 7) is 2.96. The van der Waals surface area contributed by atoms with Gasteiger partial charge in [-0.2, -0.15) is 0 Å². The Bertz CT molecular complexity index is 701. The number of benzene rings is 2. The molecule has 23 heavy (non-hydrogen) atoms. The van der Waals surface area contributed by atoms with Crippen molar-refractivity contribution in [3.63, 3.8) is 0 Å². The molecule has 1 aliphatic rings. The Morgan fingerprint density at radius 2 is 1.30 bits per heavy atom. The van der Waals surface area contributed by atoms with E-state index >= 15 is 0 Å². The van der Waals surface area contributed by atoms with Crippen LogP contribution in [0.3, 0.4) is 0 Å². The average Bonchev–Trinajstić information content (AvgIpc) is 2.79. The maximum Gasteiger partial charge on any atom is 0.300 e. The summed E-state index contributed by atoms with van der Waals surface area (Å²) in [5.74, 6) is -1.26. The van der Waals surface area contributed by atoms with Gasteiger partial charge in [0.25, 0.3) is 17.8 Å². The number of carboxylic acid groups (broad SMARTS) is 1. The van der Waals surface area contributed by atoms with E-state index in [1.165, 1.54) is 4.90 Å². The highest BCUT2D eigenvalue weighted by Gasteiger charge is 2.38. The number of carboxylic acids is 1. The Labute approximate surface area is 134 Å². The van der Waals surface area contributed by atoms with E-state index in [2.05, 4.69) is 0 Å². The SMILES string of the molecule is CC(=O)O.CC(c1ccccc1)N1C(=O)c2ccccc2C1=O. The van der Waals surface area contributed by atoms with Gasteiger partial charge >= 0.3 is 0 Å². The minimum Gasteiger partial charge on any atom is -0.481 e. The van der Waals surface area contributed by atoms with Gasteiger partial charge in [-0.05, 0) is 24.6 Å². The van der Waals surface area contributed by atoms with E-state index in [0.29, 0.717) is 11.1 Å². The van der Waals surface area contributed by atoms with Crippen LogP contribution in [0.4, 0.5) is 0 Å². The molecule has 0 fully saturated rings. The molecule has 1 unspecified atom stereocenters. The van der Waals surface area contributed by atoms with Crippen LogP contribution in [0.2, 0.25) is 0 Å². The van der Waals surface area contributed by atoms with Crippen molar-refractivity contribution in [2.45, 2.75) is 19.9 Å². The Balaban J connectivity index is 0.000000433. The first-order valence-electron chi connectivity index (χ1n) is 7.15. The Morgan fingerprint density at radius 3 is 1.74 bits per heavy atom. The van der Waals surface area contributed by atoms with Crippen molar-refractivity contribution >= 4 is 17.8 Å². The van der Waals surface area contributed by atoms with Gasteiger partial charge in [0.1, 0.15) is 0 Å². The molecule has 1 atom stereocenters. The zero-order valence-electron chi connectivity index (χ0n) is 12.9. The van der Waals surface area contributed by atoms with Crippen LogP contribution in [0, 0.1) is 0 Å². The van der Waals surface area contributed by atoms with Crippen LogP contribution in [0.25, 0.3) is 0 Å². The van der Waals surface area contributed by atoms with Gasteiger partial charge in [0.05, 0.1) is 17.2 Å². The fourth-order valence-corrected chi connectivity index (χ4v) is 2.44. The molecule has 2 amide bonds. The molecule has 3 rings (SSSR count). The van der Waals surface area contributed by atoms with E-state index in [9.17, 15) is 9.59 Å². The number of fused-ring (bicyclic) bond motifs is 1. The fraction of sp³-hybridized carbons (Fsp3) is 0.167. The van der Waals surface area contributed by atoms with Crippen molar-refractivity contribution in [1.82, 2.24) is 4.90 Å². The third-order valence-corrected chi connectivity index (χ3v) is 3.49. The van der Waals surface area contributed by atoms with Gasteiger partial charge in [0.2, 0.25) is 0 Å². The molecule has 0 saturated heterocycles. The normalized spacial score (nSPS) is 13.9. The predicted molar refractivity (Wildman–Crippen MR) is 85.1 cm³/mol. The number of aliphatic carboxylic acids is 1. The maximum atomic E-state index is 12.3. The fourth-order valence-electron chi connectivity index (χ4n) is 2.44. The first kappa shape index (κ1) is 16.4. The first-order valence-corrected chi connectivity index (χ1v) is 7.15. The molecule has 0 bridgehead atoms. The van der Waals surface area contributed by atoms with Crippen molar-refractivity contribution in [1.29, 1.82) is 0 Å². The van der Waals surface area contributed by atoms with E-state index < -0.39 is 5.97 Å². The van der Waals surface area contributed by atoms with E-state index in [0.717, 1.165) is 12.5 Å². The smallest absolute Gasteiger partial charge is 0.300 e. The van der Waals surface area contributed by atoms with Crippen molar-refractivity contribution in [2.75, 3.05) is 0 Å². The monoisotopic (exact) mass is 311 g/mol. The standard InChI is InChI=1S/C16H13NO2.C2H4O2/c1-11(12-7-3-2-4-8-12)17-15(18)13-9-5-6-10-14(13)16(17)19;1-2(3)4/h2-11H,1H3;1H3,(H,3,4). The quantitative estimate of drug-likeness (QED) is 0.865. The number of rotatable bonds is 2. The second-order valence-electron chi connectivity index (χ2n) is 5.13. The van der Waals surface area contributed by atoms with Gasteiger partial charge in [-0.15, -0.1) is 0 Å². The van der Waals surface area contributed by atoms with Gasteiger partial charge in [-0.1, -0.05) is 42.5 Å². The summed E-state index contributed by atoms with van der Waals surface area (Å²) in [5.41, 5.74) is 1.95. The van der Waals surface area contributed by atoms with E-state index in [-0.39, 0.29) is 17.9 Å². The molecule has 1 N–H and O–H groups in total. The average molecular weight is 311 g/mol. The summed E-state index contributed by atoms with van der Waals surface area (Å²) < 4.78 is 0. The summed E-state index contributed by atoms with van der Waals surface area (Å²) in [7, 11) is 0. The highest BCUT2D eigenvalue weighted by molar-refractivity contribution is 6.21. The third-order valence-electron chi connectivity index (χ3n) is 3.49. The molecular weight excluding hydrogens is 294 g/mol. The molecule has 118 valence electrons.